The fourth-order valence-electron chi connectivity index (χ4n) is 2.01. The highest BCUT2D eigenvalue weighted by Crippen LogP contribution is 2.22. The molecule has 0 aromatic heterocycles. The third-order valence-electron chi connectivity index (χ3n) is 3.63. The lowest BCUT2D eigenvalue weighted by molar-refractivity contribution is 0.560. The summed E-state index contributed by atoms with van der Waals surface area (Å²) < 4.78 is 23.5. The summed E-state index contributed by atoms with van der Waals surface area (Å²) in [5, 5.41) is 7.07. The summed E-state index contributed by atoms with van der Waals surface area (Å²) in [5.74, 6) is 0.599. The molecule has 144 valence electrons. The SMILES string of the molecule is CCNC(=NCCS(=O)(=O)C(C)(C)C)NC(C)c1ccccc1Cl.I. The first kappa shape index (κ1) is 24.5. The minimum absolute atomic E-state index is 0. The number of sulfone groups is 1. The predicted octanol–water partition coefficient (Wildman–Crippen LogP) is 3.79. The average molecular weight is 502 g/mol. The topological polar surface area (TPSA) is 70.6 Å². The van der Waals surface area contributed by atoms with Gasteiger partial charge in [0, 0.05) is 11.6 Å². The predicted molar refractivity (Wildman–Crippen MR) is 118 cm³/mol. The number of guanidine groups is 1. The summed E-state index contributed by atoms with van der Waals surface area (Å²) in [6, 6.07) is 7.56. The quantitative estimate of drug-likeness (QED) is 0.353. The molecule has 0 spiro atoms. The maximum atomic E-state index is 12.2. The van der Waals surface area contributed by atoms with Gasteiger partial charge < -0.3 is 10.6 Å². The van der Waals surface area contributed by atoms with Gasteiger partial charge in [-0.15, -0.1) is 24.0 Å². The second-order valence-electron chi connectivity index (χ2n) is 6.58. The fraction of sp³-hybridized carbons (Fsp3) is 0.588. The number of aliphatic imine (C=N–C) groups is 1. The monoisotopic (exact) mass is 501 g/mol. The van der Waals surface area contributed by atoms with E-state index in [9.17, 15) is 8.42 Å². The van der Waals surface area contributed by atoms with Crippen LogP contribution in [0.25, 0.3) is 0 Å². The fourth-order valence-corrected chi connectivity index (χ4v) is 3.26. The molecule has 0 saturated heterocycles. The molecule has 0 fully saturated rings. The lowest BCUT2D eigenvalue weighted by atomic mass is 10.1. The summed E-state index contributed by atoms with van der Waals surface area (Å²) in [5.41, 5.74) is 0.965. The highest BCUT2D eigenvalue weighted by atomic mass is 127. The first-order valence-electron chi connectivity index (χ1n) is 8.10. The van der Waals surface area contributed by atoms with Crippen LogP contribution in [0.2, 0.25) is 5.02 Å². The van der Waals surface area contributed by atoms with Gasteiger partial charge in [-0.2, -0.15) is 0 Å². The molecule has 1 atom stereocenters. The van der Waals surface area contributed by atoms with Gasteiger partial charge in [0.2, 0.25) is 0 Å². The van der Waals surface area contributed by atoms with E-state index in [0.29, 0.717) is 17.5 Å². The molecule has 0 radical (unpaired) electrons. The zero-order valence-corrected chi connectivity index (χ0v) is 19.4. The van der Waals surface area contributed by atoms with Crippen molar-refractivity contribution < 1.29 is 8.42 Å². The number of nitrogens with one attached hydrogen (secondary N) is 2. The molecule has 0 aliphatic rings. The highest BCUT2D eigenvalue weighted by molar-refractivity contribution is 14.0. The summed E-state index contributed by atoms with van der Waals surface area (Å²) >= 11 is 6.21. The summed E-state index contributed by atoms with van der Waals surface area (Å²) in [6.45, 7) is 9.96. The van der Waals surface area contributed by atoms with E-state index in [1.165, 1.54) is 0 Å². The Bertz CT molecular complexity index is 673. The third kappa shape index (κ3) is 7.70. The Morgan fingerprint density at radius 3 is 2.40 bits per heavy atom. The highest BCUT2D eigenvalue weighted by Gasteiger charge is 2.28. The van der Waals surface area contributed by atoms with Gasteiger partial charge in [0.15, 0.2) is 15.8 Å². The van der Waals surface area contributed by atoms with Crippen molar-refractivity contribution in [1.29, 1.82) is 0 Å². The zero-order chi connectivity index (χ0) is 18.4. The van der Waals surface area contributed by atoms with Crippen LogP contribution < -0.4 is 10.6 Å². The van der Waals surface area contributed by atoms with Gasteiger partial charge in [-0.05, 0) is 46.2 Å². The Morgan fingerprint density at radius 1 is 1.28 bits per heavy atom. The Balaban J connectivity index is 0.00000576. The molecule has 0 heterocycles. The molecular formula is C17H29ClIN3O2S. The zero-order valence-electron chi connectivity index (χ0n) is 15.5. The van der Waals surface area contributed by atoms with E-state index >= 15 is 0 Å². The largest absolute Gasteiger partial charge is 0.357 e. The number of nitrogens with zero attached hydrogens (tertiary/aromatic N) is 1. The van der Waals surface area contributed by atoms with Crippen molar-refractivity contribution in [2.45, 2.75) is 45.4 Å². The van der Waals surface area contributed by atoms with Crippen molar-refractivity contribution in [1.82, 2.24) is 10.6 Å². The minimum Gasteiger partial charge on any atom is -0.357 e. The van der Waals surface area contributed by atoms with Crippen LogP contribution >= 0.6 is 35.6 Å². The van der Waals surface area contributed by atoms with Gasteiger partial charge in [0.25, 0.3) is 0 Å². The van der Waals surface area contributed by atoms with Crippen LogP contribution in [0, 0.1) is 0 Å². The lowest BCUT2D eigenvalue weighted by Gasteiger charge is -2.20. The van der Waals surface area contributed by atoms with E-state index in [1.807, 2.05) is 38.1 Å². The van der Waals surface area contributed by atoms with Crippen LogP contribution in [0.1, 0.15) is 46.2 Å². The number of hydrogen-bond donors (Lipinski definition) is 2. The Hall–Kier alpha value is -0.540. The average Bonchev–Trinajstić information content (AvgIpc) is 2.46. The third-order valence-corrected chi connectivity index (χ3v) is 6.56. The number of hydrogen-bond acceptors (Lipinski definition) is 3. The number of benzene rings is 1. The second kappa shape index (κ2) is 10.6. The van der Waals surface area contributed by atoms with E-state index < -0.39 is 14.6 Å². The van der Waals surface area contributed by atoms with Gasteiger partial charge in [-0.25, -0.2) is 8.42 Å². The molecule has 1 rings (SSSR count). The second-order valence-corrected chi connectivity index (χ2v) is 9.85. The van der Waals surface area contributed by atoms with Gasteiger partial charge in [-0.1, -0.05) is 29.8 Å². The lowest BCUT2D eigenvalue weighted by Crippen LogP contribution is -2.39. The van der Waals surface area contributed by atoms with Gasteiger partial charge in [-0.3, -0.25) is 4.99 Å². The molecule has 0 amide bonds. The first-order chi connectivity index (χ1) is 11.1. The van der Waals surface area contributed by atoms with Gasteiger partial charge in [0.05, 0.1) is 23.1 Å². The van der Waals surface area contributed by atoms with Gasteiger partial charge >= 0.3 is 0 Å². The van der Waals surface area contributed by atoms with Crippen molar-refractivity contribution in [3.8, 4) is 0 Å². The summed E-state index contributed by atoms with van der Waals surface area (Å²) in [7, 11) is -3.18. The van der Waals surface area contributed by atoms with Crippen molar-refractivity contribution in [3.05, 3.63) is 34.9 Å². The van der Waals surface area contributed by atoms with Crippen molar-refractivity contribution in [3.63, 3.8) is 0 Å². The Morgan fingerprint density at radius 2 is 1.88 bits per heavy atom. The molecule has 1 aromatic carbocycles. The molecular weight excluding hydrogens is 473 g/mol. The maximum Gasteiger partial charge on any atom is 0.191 e. The van der Waals surface area contributed by atoms with E-state index in [-0.39, 0.29) is 42.3 Å². The van der Waals surface area contributed by atoms with E-state index in [2.05, 4.69) is 15.6 Å². The van der Waals surface area contributed by atoms with E-state index in [4.69, 9.17) is 11.6 Å². The van der Waals surface area contributed by atoms with Crippen LogP contribution in [-0.2, 0) is 9.84 Å². The molecule has 1 unspecified atom stereocenters. The molecule has 1 aromatic rings. The smallest absolute Gasteiger partial charge is 0.191 e. The Labute approximate surface area is 174 Å². The first-order valence-corrected chi connectivity index (χ1v) is 10.1. The van der Waals surface area contributed by atoms with Crippen molar-refractivity contribution in [2.75, 3.05) is 18.8 Å². The molecule has 0 aliphatic heterocycles. The van der Waals surface area contributed by atoms with E-state index in [0.717, 1.165) is 5.56 Å². The Kier molecular flexibility index (Phi) is 10.3. The van der Waals surface area contributed by atoms with Crippen LogP contribution in [0.5, 0.6) is 0 Å². The van der Waals surface area contributed by atoms with Gasteiger partial charge in [0.1, 0.15) is 0 Å². The van der Waals surface area contributed by atoms with Crippen LogP contribution in [0.3, 0.4) is 0 Å². The molecule has 8 heteroatoms. The number of halogens is 2. The van der Waals surface area contributed by atoms with Crippen molar-refractivity contribution >= 4 is 51.4 Å². The normalized spacial score (nSPS) is 13.8. The maximum absolute atomic E-state index is 12.2. The summed E-state index contributed by atoms with van der Waals surface area (Å²) in [4.78, 5) is 4.38. The number of rotatable bonds is 6. The molecule has 0 bridgehead atoms. The molecule has 5 nitrogen and oxygen atoms in total. The van der Waals surface area contributed by atoms with Crippen molar-refractivity contribution in [2.24, 2.45) is 4.99 Å². The van der Waals surface area contributed by atoms with E-state index in [1.54, 1.807) is 20.8 Å². The molecule has 0 saturated carbocycles. The van der Waals surface area contributed by atoms with Crippen LogP contribution in [0.15, 0.2) is 29.3 Å². The minimum atomic E-state index is -3.18. The molecule has 25 heavy (non-hydrogen) atoms. The van der Waals surface area contributed by atoms with Crippen LogP contribution in [0.4, 0.5) is 0 Å². The van der Waals surface area contributed by atoms with Crippen LogP contribution in [-0.4, -0.2) is 38.0 Å². The summed E-state index contributed by atoms with van der Waals surface area (Å²) in [6.07, 6.45) is 0. The standard InChI is InChI=1S/C17H28ClN3O2S.HI/c1-6-19-16(20-11-12-24(22,23)17(3,4)5)21-13(2)14-9-7-8-10-15(14)18;/h7-10,13H,6,11-12H2,1-5H3,(H2,19,20,21);1H. The molecule has 0 aliphatic carbocycles. The molecule has 2 N–H and O–H groups in total.